The Bertz CT molecular complexity index is 747. The van der Waals surface area contributed by atoms with Crippen LogP contribution >= 0.6 is 11.8 Å². The van der Waals surface area contributed by atoms with Crippen LogP contribution < -0.4 is 11.1 Å². The van der Waals surface area contributed by atoms with Gasteiger partial charge in [0.25, 0.3) is 5.91 Å². The number of amides is 1. The number of nitrogens with zero attached hydrogens (tertiary/aromatic N) is 2. The Labute approximate surface area is 139 Å². The number of aliphatic imine (C=N–C) groups is 1. The molecule has 1 amide bonds. The summed E-state index contributed by atoms with van der Waals surface area (Å²) in [5.41, 5.74) is 7.85. The first kappa shape index (κ1) is 15.6. The van der Waals surface area contributed by atoms with Crippen molar-refractivity contribution in [3.63, 3.8) is 0 Å². The lowest BCUT2D eigenvalue weighted by atomic mass is 9.89. The van der Waals surface area contributed by atoms with E-state index in [0.29, 0.717) is 10.7 Å². The maximum Gasteiger partial charge on any atom is 0.257 e. The Hall–Kier alpha value is -2.34. The van der Waals surface area contributed by atoms with E-state index in [4.69, 9.17) is 5.73 Å². The van der Waals surface area contributed by atoms with Crippen LogP contribution in [0.25, 0.3) is 0 Å². The van der Waals surface area contributed by atoms with Crippen LogP contribution in [-0.2, 0) is 5.54 Å². The fourth-order valence-corrected chi connectivity index (χ4v) is 3.50. The van der Waals surface area contributed by atoms with Crippen LogP contribution in [0, 0.1) is 0 Å². The van der Waals surface area contributed by atoms with E-state index in [9.17, 15) is 4.79 Å². The van der Waals surface area contributed by atoms with Crippen LogP contribution in [0.15, 0.2) is 53.8 Å². The number of rotatable bonds is 3. The summed E-state index contributed by atoms with van der Waals surface area (Å²) in [6.07, 6.45) is 4.10. The van der Waals surface area contributed by atoms with Crippen molar-refractivity contribution in [1.82, 2.24) is 4.98 Å². The summed E-state index contributed by atoms with van der Waals surface area (Å²) in [6.45, 7) is 2.07. The van der Waals surface area contributed by atoms with Crippen molar-refractivity contribution in [1.29, 1.82) is 0 Å². The summed E-state index contributed by atoms with van der Waals surface area (Å²) in [7, 11) is 0. The van der Waals surface area contributed by atoms with E-state index in [1.165, 1.54) is 0 Å². The Morgan fingerprint density at radius 3 is 2.96 bits per heavy atom. The molecule has 0 spiro atoms. The van der Waals surface area contributed by atoms with Gasteiger partial charge >= 0.3 is 0 Å². The zero-order valence-electron chi connectivity index (χ0n) is 12.8. The number of pyridine rings is 1. The lowest BCUT2D eigenvalue weighted by Crippen LogP contribution is -2.28. The van der Waals surface area contributed by atoms with Crippen LogP contribution in [0.4, 0.5) is 5.69 Å². The van der Waals surface area contributed by atoms with Crippen molar-refractivity contribution in [3.05, 3.63) is 59.9 Å². The summed E-state index contributed by atoms with van der Waals surface area (Å²) in [6, 6.07) is 11.2. The summed E-state index contributed by atoms with van der Waals surface area (Å²) >= 11 is 1.58. The second kappa shape index (κ2) is 6.42. The highest BCUT2D eigenvalue weighted by Gasteiger charge is 2.29. The van der Waals surface area contributed by atoms with Crippen molar-refractivity contribution in [2.45, 2.75) is 18.9 Å². The molecular weight excluding hydrogens is 308 g/mol. The van der Waals surface area contributed by atoms with Gasteiger partial charge in [-0.1, -0.05) is 23.9 Å². The van der Waals surface area contributed by atoms with Crippen LogP contribution in [-0.4, -0.2) is 21.8 Å². The fourth-order valence-electron chi connectivity index (χ4n) is 2.53. The number of thioether (sulfide) groups is 1. The molecule has 1 aliphatic rings. The van der Waals surface area contributed by atoms with Gasteiger partial charge in [-0.05, 0) is 43.2 Å². The molecule has 1 aromatic carbocycles. The monoisotopic (exact) mass is 326 g/mol. The summed E-state index contributed by atoms with van der Waals surface area (Å²) in [4.78, 5) is 20.8. The molecule has 0 saturated heterocycles. The minimum absolute atomic E-state index is 0.178. The molecule has 3 rings (SSSR count). The van der Waals surface area contributed by atoms with Crippen molar-refractivity contribution >= 4 is 28.5 Å². The van der Waals surface area contributed by atoms with E-state index in [-0.39, 0.29) is 11.4 Å². The number of carbonyl (C=O) groups is 1. The first-order valence-corrected chi connectivity index (χ1v) is 8.35. The molecule has 1 aromatic heterocycles. The number of nitrogens with one attached hydrogen (secondary N) is 1. The Kier molecular flexibility index (Phi) is 4.34. The largest absolute Gasteiger partial charge is 0.379 e. The highest BCUT2D eigenvalue weighted by atomic mass is 32.2. The first-order valence-electron chi connectivity index (χ1n) is 7.37. The highest BCUT2D eigenvalue weighted by molar-refractivity contribution is 8.13. The minimum Gasteiger partial charge on any atom is -0.379 e. The maximum absolute atomic E-state index is 12.2. The molecule has 23 heavy (non-hydrogen) atoms. The lowest BCUT2D eigenvalue weighted by Gasteiger charge is -2.30. The van der Waals surface area contributed by atoms with Crippen molar-refractivity contribution in [2.75, 3.05) is 11.1 Å². The first-order chi connectivity index (χ1) is 11.1. The van der Waals surface area contributed by atoms with Crippen LogP contribution in [0.3, 0.4) is 0 Å². The summed E-state index contributed by atoms with van der Waals surface area (Å²) in [5, 5.41) is 3.52. The van der Waals surface area contributed by atoms with Crippen LogP contribution in [0.2, 0.25) is 0 Å². The third kappa shape index (κ3) is 3.53. The molecule has 0 saturated carbocycles. The number of benzene rings is 1. The van der Waals surface area contributed by atoms with Gasteiger partial charge in [0, 0.05) is 23.8 Å². The predicted molar refractivity (Wildman–Crippen MR) is 94.7 cm³/mol. The van der Waals surface area contributed by atoms with Crippen LogP contribution in [0.1, 0.15) is 29.3 Å². The average molecular weight is 326 g/mol. The molecule has 0 fully saturated rings. The number of aromatic nitrogens is 1. The smallest absolute Gasteiger partial charge is 0.257 e. The fraction of sp³-hybridized carbons (Fsp3) is 0.235. The van der Waals surface area contributed by atoms with Gasteiger partial charge in [0.2, 0.25) is 0 Å². The minimum atomic E-state index is -0.343. The number of nitrogens with two attached hydrogens (primary N) is 1. The molecular formula is C17H18N4OS. The number of hydrogen-bond acceptors (Lipinski definition) is 5. The molecule has 1 aliphatic heterocycles. The number of anilines is 1. The zero-order chi connectivity index (χ0) is 16.3. The quantitative estimate of drug-likeness (QED) is 0.908. The lowest BCUT2D eigenvalue weighted by molar-refractivity contribution is 0.102. The van der Waals surface area contributed by atoms with E-state index < -0.39 is 0 Å². The molecule has 118 valence electrons. The van der Waals surface area contributed by atoms with Gasteiger partial charge < -0.3 is 11.1 Å². The van der Waals surface area contributed by atoms with Crippen molar-refractivity contribution < 1.29 is 4.79 Å². The maximum atomic E-state index is 12.2. The van der Waals surface area contributed by atoms with Gasteiger partial charge in [0.1, 0.15) is 0 Å². The topological polar surface area (TPSA) is 80.4 Å². The molecule has 0 radical (unpaired) electrons. The Morgan fingerprint density at radius 1 is 1.35 bits per heavy atom. The standard InChI is InChI=1S/C17H18N4OS/c1-17(7-9-23-16(18)21-17)13-5-2-6-14(10-13)20-15(22)12-4-3-8-19-11-12/h2-6,8,10-11H,7,9H2,1H3,(H2,18,21)(H,20,22). The van der Waals surface area contributed by atoms with Gasteiger partial charge in [0.15, 0.2) is 5.17 Å². The number of hydrogen-bond donors (Lipinski definition) is 2. The molecule has 2 aromatic rings. The van der Waals surface area contributed by atoms with Crippen molar-refractivity contribution in [3.8, 4) is 0 Å². The van der Waals surface area contributed by atoms with E-state index in [1.807, 2.05) is 24.3 Å². The van der Waals surface area contributed by atoms with Gasteiger partial charge in [-0.3, -0.25) is 14.8 Å². The average Bonchev–Trinajstić information content (AvgIpc) is 2.56. The van der Waals surface area contributed by atoms with Gasteiger partial charge in [0.05, 0.1) is 11.1 Å². The van der Waals surface area contributed by atoms with E-state index in [0.717, 1.165) is 23.4 Å². The SMILES string of the molecule is CC1(c2cccc(NC(=O)c3cccnc3)c2)CCSC(N)=N1. The van der Waals surface area contributed by atoms with Crippen molar-refractivity contribution in [2.24, 2.45) is 10.7 Å². The second-order valence-corrected chi connectivity index (χ2v) is 6.71. The number of amidine groups is 1. The highest BCUT2D eigenvalue weighted by Crippen LogP contribution is 2.35. The molecule has 0 aliphatic carbocycles. The molecule has 1 atom stereocenters. The number of carbonyl (C=O) groups excluding carboxylic acids is 1. The van der Waals surface area contributed by atoms with E-state index in [2.05, 4.69) is 22.2 Å². The predicted octanol–water partition coefficient (Wildman–Crippen LogP) is 3.00. The molecule has 5 nitrogen and oxygen atoms in total. The van der Waals surface area contributed by atoms with Gasteiger partial charge in [-0.15, -0.1) is 0 Å². The Balaban J connectivity index is 1.83. The summed E-state index contributed by atoms with van der Waals surface area (Å²) < 4.78 is 0. The van der Waals surface area contributed by atoms with Gasteiger partial charge in [-0.2, -0.15) is 0 Å². The zero-order valence-corrected chi connectivity index (χ0v) is 13.6. The summed E-state index contributed by atoms with van der Waals surface area (Å²) in [5.74, 6) is 0.764. The molecule has 6 heteroatoms. The second-order valence-electron chi connectivity index (χ2n) is 5.60. The van der Waals surface area contributed by atoms with E-state index >= 15 is 0 Å². The Morgan fingerprint density at radius 2 is 2.22 bits per heavy atom. The molecule has 2 heterocycles. The molecule has 3 N–H and O–H groups in total. The van der Waals surface area contributed by atoms with E-state index in [1.54, 1.807) is 36.3 Å². The normalized spacial score (nSPS) is 20.7. The van der Waals surface area contributed by atoms with Gasteiger partial charge in [-0.25, -0.2) is 0 Å². The van der Waals surface area contributed by atoms with Crippen LogP contribution in [0.5, 0.6) is 0 Å². The third-order valence-corrected chi connectivity index (χ3v) is 4.66. The third-order valence-electron chi connectivity index (χ3n) is 3.86. The molecule has 1 unspecified atom stereocenters. The molecule has 0 bridgehead atoms.